The van der Waals surface area contributed by atoms with Crippen molar-refractivity contribution in [1.82, 2.24) is 9.88 Å². The van der Waals surface area contributed by atoms with E-state index in [0.717, 1.165) is 44.8 Å². The average molecular weight is 498 g/mol. The molecule has 0 unspecified atom stereocenters. The Balaban J connectivity index is 1.45. The minimum Gasteiger partial charge on any atom is -0.491 e. The monoisotopic (exact) mass is 497 g/mol. The molecule has 1 N–H and O–H groups in total. The Labute approximate surface area is 212 Å². The van der Waals surface area contributed by atoms with Gasteiger partial charge in [-0.1, -0.05) is 36.4 Å². The van der Waals surface area contributed by atoms with Gasteiger partial charge in [-0.05, 0) is 61.4 Å². The molecule has 7 nitrogen and oxygen atoms in total. The molecule has 0 bridgehead atoms. The number of para-hydroxylation sites is 2. The molecule has 1 aliphatic rings. The zero-order valence-electron chi connectivity index (χ0n) is 20.3. The Kier molecular flexibility index (Phi) is 6.31. The van der Waals surface area contributed by atoms with Crippen molar-refractivity contribution in [3.05, 3.63) is 101 Å². The van der Waals surface area contributed by atoms with Crippen LogP contribution in [0, 0.1) is 19.7 Å². The summed E-state index contributed by atoms with van der Waals surface area (Å²) in [6, 6.07) is 17.7. The third kappa shape index (κ3) is 4.61. The van der Waals surface area contributed by atoms with E-state index in [1.54, 1.807) is 0 Å². The van der Waals surface area contributed by atoms with Gasteiger partial charge in [0.25, 0.3) is 11.8 Å². The number of rotatable bonds is 6. The summed E-state index contributed by atoms with van der Waals surface area (Å²) in [6.07, 6.45) is 3.33. The molecule has 1 aromatic heterocycles. The number of aryl methyl sites for hydroxylation is 2. The van der Waals surface area contributed by atoms with Crippen LogP contribution in [0.4, 0.5) is 14.9 Å². The number of fused-ring (bicyclic) bond motifs is 1. The Morgan fingerprint density at radius 2 is 1.62 bits per heavy atom. The number of ether oxygens (including phenoxy) is 1. The number of nitrogens with one attached hydrogen (secondary N) is 1. The van der Waals surface area contributed by atoms with Gasteiger partial charge in [0.15, 0.2) is 0 Å². The van der Waals surface area contributed by atoms with Crippen LogP contribution in [0.15, 0.2) is 78.5 Å². The van der Waals surface area contributed by atoms with Gasteiger partial charge in [-0.25, -0.2) is 14.1 Å². The number of imide groups is 2. The smallest absolute Gasteiger partial charge is 0.335 e. The molecule has 0 radical (unpaired) electrons. The van der Waals surface area contributed by atoms with Crippen LogP contribution >= 0.6 is 0 Å². The number of nitrogens with zero attached hydrogens (tertiary/aromatic N) is 2. The van der Waals surface area contributed by atoms with Gasteiger partial charge in [0, 0.05) is 22.7 Å². The van der Waals surface area contributed by atoms with E-state index >= 15 is 0 Å². The number of barbiturate groups is 1. The highest BCUT2D eigenvalue weighted by molar-refractivity contribution is 6.39. The molecule has 0 atom stereocenters. The molecule has 4 amide bonds. The first-order valence-corrected chi connectivity index (χ1v) is 11.8. The Morgan fingerprint density at radius 3 is 2.35 bits per heavy atom. The lowest BCUT2D eigenvalue weighted by molar-refractivity contribution is -0.122. The van der Waals surface area contributed by atoms with E-state index < -0.39 is 23.7 Å². The van der Waals surface area contributed by atoms with Crippen LogP contribution in [-0.2, 0) is 16.1 Å². The third-order valence-electron chi connectivity index (χ3n) is 6.29. The fourth-order valence-electron chi connectivity index (χ4n) is 4.49. The number of hydrogen-bond donors (Lipinski definition) is 1. The minimum absolute atomic E-state index is 0.161. The molecular weight excluding hydrogens is 473 g/mol. The second-order valence-corrected chi connectivity index (χ2v) is 8.80. The molecule has 1 saturated heterocycles. The number of urea groups is 1. The van der Waals surface area contributed by atoms with E-state index in [0.29, 0.717) is 18.7 Å². The maximum absolute atomic E-state index is 13.4. The molecule has 4 aromatic rings. The highest BCUT2D eigenvalue weighted by Crippen LogP contribution is 2.27. The molecule has 1 fully saturated rings. The van der Waals surface area contributed by atoms with Gasteiger partial charge < -0.3 is 9.30 Å². The van der Waals surface area contributed by atoms with Gasteiger partial charge in [-0.2, -0.15) is 0 Å². The molecule has 3 aromatic carbocycles. The van der Waals surface area contributed by atoms with Crippen LogP contribution in [0.1, 0.15) is 16.7 Å². The van der Waals surface area contributed by atoms with Gasteiger partial charge in [0.05, 0.1) is 12.2 Å². The third-order valence-corrected chi connectivity index (χ3v) is 6.29. The van der Waals surface area contributed by atoms with Crippen molar-refractivity contribution in [3.63, 3.8) is 0 Å². The molecule has 2 heterocycles. The number of amides is 4. The molecule has 1 aliphatic heterocycles. The minimum atomic E-state index is -0.884. The average Bonchev–Trinajstić information content (AvgIpc) is 3.22. The van der Waals surface area contributed by atoms with Gasteiger partial charge in [0.2, 0.25) is 0 Å². The second kappa shape index (κ2) is 9.73. The highest BCUT2D eigenvalue weighted by Gasteiger charge is 2.37. The van der Waals surface area contributed by atoms with Gasteiger partial charge in [0.1, 0.15) is 23.7 Å². The maximum Gasteiger partial charge on any atom is 0.335 e. The molecule has 186 valence electrons. The molecule has 0 saturated carbocycles. The normalized spacial score (nSPS) is 14.9. The van der Waals surface area contributed by atoms with E-state index in [4.69, 9.17) is 4.74 Å². The van der Waals surface area contributed by atoms with Crippen LogP contribution in [-0.4, -0.2) is 29.0 Å². The van der Waals surface area contributed by atoms with Crippen molar-refractivity contribution >= 4 is 40.5 Å². The topological polar surface area (TPSA) is 80.6 Å². The Hall–Kier alpha value is -4.72. The first-order valence-electron chi connectivity index (χ1n) is 11.8. The summed E-state index contributed by atoms with van der Waals surface area (Å²) in [7, 11) is 0. The number of halogens is 1. The first-order chi connectivity index (χ1) is 17.8. The summed E-state index contributed by atoms with van der Waals surface area (Å²) in [5.41, 5.74) is 3.64. The number of benzene rings is 3. The van der Waals surface area contributed by atoms with Crippen molar-refractivity contribution in [2.45, 2.75) is 20.4 Å². The number of carbonyl (C=O) groups excluding carboxylic acids is 3. The number of anilines is 1. The Morgan fingerprint density at radius 1 is 0.919 bits per heavy atom. The van der Waals surface area contributed by atoms with Gasteiger partial charge >= 0.3 is 6.03 Å². The summed E-state index contributed by atoms with van der Waals surface area (Å²) in [6.45, 7) is 4.97. The number of carbonyl (C=O) groups is 3. The van der Waals surface area contributed by atoms with Crippen molar-refractivity contribution in [2.75, 3.05) is 11.5 Å². The van der Waals surface area contributed by atoms with Crippen LogP contribution in [0.5, 0.6) is 5.75 Å². The molecule has 37 heavy (non-hydrogen) atoms. The molecule has 0 spiro atoms. The molecule has 5 rings (SSSR count). The summed E-state index contributed by atoms with van der Waals surface area (Å²) in [4.78, 5) is 39.1. The van der Waals surface area contributed by atoms with E-state index in [1.165, 1.54) is 18.2 Å². The molecule has 0 aliphatic carbocycles. The van der Waals surface area contributed by atoms with E-state index in [1.807, 2.05) is 67.1 Å². The van der Waals surface area contributed by atoms with Crippen LogP contribution in [0.2, 0.25) is 0 Å². The lowest BCUT2D eigenvalue weighted by atomic mass is 10.1. The van der Waals surface area contributed by atoms with Gasteiger partial charge in [-0.15, -0.1) is 0 Å². The van der Waals surface area contributed by atoms with Crippen molar-refractivity contribution in [3.8, 4) is 5.75 Å². The quantitative estimate of drug-likeness (QED) is 0.295. The van der Waals surface area contributed by atoms with Crippen LogP contribution in [0.25, 0.3) is 17.0 Å². The van der Waals surface area contributed by atoms with E-state index in [9.17, 15) is 18.8 Å². The summed E-state index contributed by atoms with van der Waals surface area (Å²) < 4.78 is 21.4. The number of aromatic nitrogens is 1. The molecular formula is C29H24FN3O4. The standard InChI is InChI=1S/C29H24FN3O4/c1-18-6-5-7-19(2)26(18)37-15-14-32-17-20(23-8-3-4-9-25(23)32)16-24-27(34)31-29(36)33(28(24)35)22-12-10-21(30)11-13-22/h3-13,16-17H,14-15H2,1-2H3,(H,31,34,36). The molecule has 8 heteroatoms. The SMILES string of the molecule is Cc1cccc(C)c1OCCn1cc(C=C2C(=O)NC(=O)N(c3ccc(F)cc3)C2=O)c2ccccc21. The zero-order valence-corrected chi connectivity index (χ0v) is 20.3. The summed E-state index contributed by atoms with van der Waals surface area (Å²) >= 11 is 0. The largest absolute Gasteiger partial charge is 0.491 e. The maximum atomic E-state index is 13.4. The van der Waals surface area contributed by atoms with Gasteiger partial charge in [-0.3, -0.25) is 14.9 Å². The predicted molar refractivity (Wildman–Crippen MR) is 139 cm³/mol. The lowest BCUT2D eigenvalue weighted by Crippen LogP contribution is -2.54. The highest BCUT2D eigenvalue weighted by atomic mass is 19.1. The predicted octanol–water partition coefficient (Wildman–Crippen LogP) is 5.14. The van der Waals surface area contributed by atoms with Crippen LogP contribution in [0.3, 0.4) is 0 Å². The second-order valence-electron chi connectivity index (χ2n) is 8.80. The zero-order chi connectivity index (χ0) is 26.1. The van der Waals surface area contributed by atoms with Crippen LogP contribution < -0.4 is 15.0 Å². The van der Waals surface area contributed by atoms with Crippen molar-refractivity contribution < 1.29 is 23.5 Å². The lowest BCUT2D eigenvalue weighted by Gasteiger charge is -2.26. The van der Waals surface area contributed by atoms with Crippen molar-refractivity contribution in [2.24, 2.45) is 0 Å². The summed E-state index contributed by atoms with van der Waals surface area (Å²) in [5.74, 6) is -1.22. The van der Waals surface area contributed by atoms with E-state index in [-0.39, 0.29) is 11.3 Å². The fraction of sp³-hybridized carbons (Fsp3) is 0.138. The van der Waals surface area contributed by atoms with E-state index in [2.05, 4.69) is 5.32 Å². The first kappa shape index (κ1) is 24.0. The number of hydrogen-bond acceptors (Lipinski definition) is 4. The van der Waals surface area contributed by atoms with Crippen molar-refractivity contribution in [1.29, 1.82) is 0 Å². The summed E-state index contributed by atoms with van der Waals surface area (Å²) in [5, 5.41) is 3.04. The Bertz CT molecular complexity index is 1550. The fourth-order valence-corrected chi connectivity index (χ4v) is 4.49.